The van der Waals surface area contributed by atoms with E-state index < -0.39 is 0 Å². The van der Waals surface area contributed by atoms with E-state index in [0.717, 1.165) is 19.3 Å². The normalized spacial score (nSPS) is 26.7. The molecule has 1 fully saturated rings. The Kier molecular flexibility index (Phi) is 4.25. The topological polar surface area (TPSA) is 52.6 Å². The Morgan fingerprint density at radius 2 is 1.50 bits per heavy atom. The maximum atomic E-state index is 11.2. The number of hydrogen-bond donors (Lipinski definition) is 0. The molecule has 14 heavy (non-hydrogen) atoms. The van der Waals surface area contributed by atoms with Crippen LogP contribution in [0.4, 0.5) is 0 Å². The van der Waals surface area contributed by atoms with Crippen molar-refractivity contribution in [1.82, 2.24) is 0 Å². The van der Waals surface area contributed by atoms with Crippen LogP contribution in [0.2, 0.25) is 0 Å². The van der Waals surface area contributed by atoms with Gasteiger partial charge in [0.25, 0.3) is 0 Å². The molecule has 0 unspecified atom stereocenters. The van der Waals surface area contributed by atoms with Crippen LogP contribution in [0, 0.1) is 0 Å². The highest BCUT2D eigenvalue weighted by molar-refractivity contribution is 8.01. The standard InChI is InChI=1S/C9H14O4S/c1-12-8(10)6-4-3-5-7(14-6)9(11)13-2/h6-7H,3-5H2,1-2H3/t6-,7-/m0/s1. The molecule has 0 bridgehead atoms. The van der Waals surface area contributed by atoms with Gasteiger partial charge >= 0.3 is 11.9 Å². The van der Waals surface area contributed by atoms with E-state index in [1.54, 1.807) is 0 Å². The first-order valence-corrected chi connectivity index (χ1v) is 5.44. The van der Waals surface area contributed by atoms with Gasteiger partial charge < -0.3 is 9.47 Å². The zero-order valence-corrected chi connectivity index (χ0v) is 9.13. The van der Waals surface area contributed by atoms with E-state index >= 15 is 0 Å². The lowest BCUT2D eigenvalue weighted by Gasteiger charge is -2.24. The van der Waals surface area contributed by atoms with Crippen LogP contribution in [0.25, 0.3) is 0 Å². The van der Waals surface area contributed by atoms with E-state index in [9.17, 15) is 9.59 Å². The van der Waals surface area contributed by atoms with Crippen LogP contribution in [-0.4, -0.2) is 36.7 Å². The number of carbonyl (C=O) groups is 2. The van der Waals surface area contributed by atoms with Crippen LogP contribution in [0.5, 0.6) is 0 Å². The molecule has 1 aliphatic heterocycles. The Balaban J connectivity index is 2.51. The molecule has 0 aromatic carbocycles. The Morgan fingerprint density at radius 3 is 1.86 bits per heavy atom. The lowest BCUT2D eigenvalue weighted by Crippen LogP contribution is -2.31. The van der Waals surface area contributed by atoms with Crippen LogP contribution in [-0.2, 0) is 19.1 Å². The Hall–Kier alpha value is -0.710. The molecule has 80 valence electrons. The Labute approximate surface area is 87.3 Å². The van der Waals surface area contributed by atoms with Crippen molar-refractivity contribution < 1.29 is 19.1 Å². The number of carbonyl (C=O) groups excluding carboxylic acids is 2. The minimum atomic E-state index is -0.247. The predicted molar refractivity (Wildman–Crippen MR) is 53.1 cm³/mol. The third kappa shape index (κ3) is 2.64. The fourth-order valence-corrected chi connectivity index (χ4v) is 2.85. The first kappa shape index (κ1) is 11.4. The van der Waals surface area contributed by atoms with Gasteiger partial charge in [0, 0.05) is 0 Å². The van der Waals surface area contributed by atoms with Crippen molar-refractivity contribution in [2.24, 2.45) is 0 Å². The molecule has 0 aromatic rings. The number of ether oxygens (including phenoxy) is 2. The SMILES string of the molecule is COC(=O)[C@@H]1CCC[C@@H](C(=O)OC)S1. The van der Waals surface area contributed by atoms with Crippen LogP contribution in [0.3, 0.4) is 0 Å². The third-order valence-corrected chi connectivity index (χ3v) is 3.70. The summed E-state index contributed by atoms with van der Waals surface area (Å²) in [6.45, 7) is 0. The minimum Gasteiger partial charge on any atom is -0.468 e. The smallest absolute Gasteiger partial charge is 0.318 e. The van der Waals surface area contributed by atoms with Gasteiger partial charge in [0.15, 0.2) is 0 Å². The molecular weight excluding hydrogens is 204 g/mol. The second kappa shape index (κ2) is 5.24. The van der Waals surface area contributed by atoms with Gasteiger partial charge in [-0.15, -0.1) is 11.8 Å². The number of hydrogen-bond acceptors (Lipinski definition) is 5. The van der Waals surface area contributed by atoms with Crippen molar-refractivity contribution in [3.05, 3.63) is 0 Å². The fraction of sp³-hybridized carbons (Fsp3) is 0.778. The Morgan fingerprint density at radius 1 is 1.07 bits per heavy atom. The quantitative estimate of drug-likeness (QED) is 0.647. The van der Waals surface area contributed by atoms with E-state index in [1.807, 2.05) is 0 Å². The minimum absolute atomic E-state index is 0.210. The summed E-state index contributed by atoms with van der Waals surface area (Å²) < 4.78 is 9.28. The molecule has 0 saturated carbocycles. The van der Waals surface area contributed by atoms with Crippen LogP contribution >= 0.6 is 11.8 Å². The summed E-state index contributed by atoms with van der Waals surface area (Å²) in [5.74, 6) is -0.493. The van der Waals surface area contributed by atoms with E-state index in [2.05, 4.69) is 9.47 Å². The zero-order chi connectivity index (χ0) is 10.6. The van der Waals surface area contributed by atoms with Crippen molar-refractivity contribution in [2.75, 3.05) is 14.2 Å². The van der Waals surface area contributed by atoms with Crippen LogP contribution in [0.1, 0.15) is 19.3 Å². The molecule has 2 atom stereocenters. The molecule has 0 spiro atoms. The molecule has 4 nitrogen and oxygen atoms in total. The van der Waals surface area contributed by atoms with Crippen molar-refractivity contribution >= 4 is 23.7 Å². The van der Waals surface area contributed by atoms with Gasteiger partial charge in [0.05, 0.1) is 14.2 Å². The summed E-state index contributed by atoms with van der Waals surface area (Å²) in [7, 11) is 2.73. The number of rotatable bonds is 2. The molecule has 5 heteroatoms. The van der Waals surface area contributed by atoms with Crippen molar-refractivity contribution in [3.8, 4) is 0 Å². The Bertz CT molecular complexity index is 207. The highest BCUT2D eigenvalue weighted by atomic mass is 32.2. The summed E-state index contributed by atoms with van der Waals surface area (Å²) in [6, 6.07) is 0. The molecule has 0 aromatic heterocycles. The van der Waals surface area contributed by atoms with E-state index in [-0.39, 0.29) is 22.4 Å². The molecule has 0 amide bonds. The van der Waals surface area contributed by atoms with E-state index in [1.165, 1.54) is 26.0 Å². The molecule has 0 radical (unpaired) electrons. The van der Waals surface area contributed by atoms with Crippen molar-refractivity contribution in [1.29, 1.82) is 0 Å². The largest absolute Gasteiger partial charge is 0.468 e. The molecule has 1 heterocycles. The highest BCUT2D eigenvalue weighted by Crippen LogP contribution is 2.32. The summed E-state index contributed by atoms with van der Waals surface area (Å²) in [5, 5.41) is -0.421. The van der Waals surface area contributed by atoms with Crippen LogP contribution < -0.4 is 0 Å². The molecule has 0 N–H and O–H groups in total. The van der Waals surface area contributed by atoms with E-state index in [0.29, 0.717) is 0 Å². The average Bonchev–Trinajstić information content (AvgIpc) is 2.27. The lowest BCUT2D eigenvalue weighted by molar-refractivity contribution is -0.140. The van der Waals surface area contributed by atoms with Gasteiger partial charge in [-0.3, -0.25) is 9.59 Å². The first-order chi connectivity index (χ1) is 6.69. The van der Waals surface area contributed by atoms with E-state index in [4.69, 9.17) is 0 Å². The maximum Gasteiger partial charge on any atom is 0.318 e. The monoisotopic (exact) mass is 218 g/mol. The summed E-state index contributed by atoms with van der Waals surface area (Å²) in [4.78, 5) is 22.5. The van der Waals surface area contributed by atoms with Crippen molar-refractivity contribution in [2.45, 2.75) is 29.8 Å². The highest BCUT2D eigenvalue weighted by Gasteiger charge is 2.32. The van der Waals surface area contributed by atoms with Gasteiger partial charge in [0.1, 0.15) is 10.5 Å². The fourth-order valence-electron chi connectivity index (χ4n) is 1.43. The second-order valence-electron chi connectivity index (χ2n) is 3.09. The first-order valence-electron chi connectivity index (χ1n) is 4.50. The zero-order valence-electron chi connectivity index (χ0n) is 8.32. The molecular formula is C9H14O4S. The summed E-state index contributed by atoms with van der Waals surface area (Å²) in [5.41, 5.74) is 0. The van der Waals surface area contributed by atoms with Gasteiger partial charge in [-0.25, -0.2) is 0 Å². The number of thioether (sulfide) groups is 1. The maximum absolute atomic E-state index is 11.2. The van der Waals surface area contributed by atoms with Crippen molar-refractivity contribution in [3.63, 3.8) is 0 Å². The summed E-state index contributed by atoms with van der Waals surface area (Å²) >= 11 is 1.35. The molecule has 1 saturated heterocycles. The molecule has 1 aliphatic rings. The van der Waals surface area contributed by atoms with Gasteiger partial charge in [0.2, 0.25) is 0 Å². The van der Waals surface area contributed by atoms with Gasteiger partial charge in [-0.2, -0.15) is 0 Å². The number of methoxy groups -OCH3 is 2. The average molecular weight is 218 g/mol. The lowest BCUT2D eigenvalue weighted by atomic mass is 10.1. The third-order valence-electron chi connectivity index (χ3n) is 2.19. The molecule has 1 rings (SSSR count). The van der Waals surface area contributed by atoms with Gasteiger partial charge in [-0.05, 0) is 12.8 Å². The van der Waals surface area contributed by atoms with Crippen LogP contribution in [0.15, 0.2) is 0 Å². The second-order valence-corrected chi connectivity index (χ2v) is 4.50. The van der Waals surface area contributed by atoms with Gasteiger partial charge in [-0.1, -0.05) is 6.42 Å². The summed E-state index contributed by atoms with van der Waals surface area (Å²) in [6.07, 6.45) is 2.43. The molecule has 0 aliphatic carbocycles. The predicted octanol–water partition coefficient (Wildman–Crippen LogP) is 0.987. The number of esters is 2.